The number of pyridine rings is 1. The van der Waals surface area contributed by atoms with Crippen LogP contribution in [-0.2, 0) is 0 Å². The summed E-state index contributed by atoms with van der Waals surface area (Å²) in [6.07, 6.45) is 1.42. The molecule has 0 saturated heterocycles. The third-order valence-corrected chi connectivity index (χ3v) is 4.00. The minimum atomic E-state index is -0.649. The van der Waals surface area contributed by atoms with Crippen molar-refractivity contribution in [1.29, 1.82) is 0 Å². The van der Waals surface area contributed by atoms with Gasteiger partial charge >= 0.3 is 0 Å². The quantitative estimate of drug-likeness (QED) is 0.552. The second-order valence-corrected chi connectivity index (χ2v) is 5.99. The lowest BCUT2D eigenvalue weighted by Gasteiger charge is -2.09. The molecular formula is C18H18N6O3. The third kappa shape index (κ3) is 3.20. The maximum absolute atomic E-state index is 9.97. The van der Waals surface area contributed by atoms with E-state index in [0.29, 0.717) is 41.0 Å². The Balaban J connectivity index is 1.75. The maximum atomic E-state index is 9.97. The Labute approximate surface area is 154 Å². The van der Waals surface area contributed by atoms with Gasteiger partial charge in [-0.25, -0.2) is 4.98 Å². The highest BCUT2D eigenvalue weighted by Crippen LogP contribution is 2.28. The predicted molar refractivity (Wildman–Crippen MR) is 97.2 cm³/mol. The molecule has 0 aliphatic heterocycles. The Bertz CT molecular complexity index is 1100. The molecule has 0 bridgehead atoms. The molecule has 4 rings (SSSR count). The molecule has 0 amide bonds. The van der Waals surface area contributed by atoms with Crippen molar-refractivity contribution in [1.82, 2.24) is 24.6 Å². The molecule has 0 spiro atoms. The van der Waals surface area contributed by atoms with E-state index in [4.69, 9.17) is 14.9 Å². The number of fused-ring (bicyclic) bond motifs is 1. The molecule has 0 aromatic carbocycles. The maximum Gasteiger partial charge on any atom is 0.224 e. The van der Waals surface area contributed by atoms with Crippen molar-refractivity contribution < 1.29 is 14.3 Å². The second kappa shape index (κ2) is 6.69. The van der Waals surface area contributed by atoms with Gasteiger partial charge in [0, 0.05) is 6.07 Å². The number of nitrogens with zero attached hydrogens (tertiary/aromatic N) is 5. The summed E-state index contributed by atoms with van der Waals surface area (Å²) >= 11 is 0. The molecular weight excluding hydrogens is 348 g/mol. The number of aromatic nitrogens is 5. The first-order chi connectivity index (χ1) is 13.0. The van der Waals surface area contributed by atoms with E-state index in [0.717, 1.165) is 5.76 Å². The number of hydrogen-bond acceptors (Lipinski definition) is 8. The third-order valence-electron chi connectivity index (χ3n) is 4.00. The van der Waals surface area contributed by atoms with Crippen LogP contribution in [0.2, 0.25) is 0 Å². The summed E-state index contributed by atoms with van der Waals surface area (Å²) < 4.78 is 13.0. The summed E-state index contributed by atoms with van der Waals surface area (Å²) in [4.78, 5) is 12.8. The molecule has 0 aliphatic rings. The van der Waals surface area contributed by atoms with Gasteiger partial charge in [-0.15, -0.1) is 0 Å². The zero-order chi connectivity index (χ0) is 19.0. The number of ether oxygens (including phenoxy) is 1. The van der Waals surface area contributed by atoms with E-state index >= 15 is 0 Å². The summed E-state index contributed by atoms with van der Waals surface area (Å²) in [5, 5.41) is 14.3. The van der Waals surface area contributed by atoms with Gasteiger partial charge < -0.3 is 20.0 Å². The summed E-state index contributed by atoms with van der Waals surface area (Å²) in [5.74, 6) is 2.44. The number of anilines is 1. The van der Waals surface area contributed by atoms with Crippen LogP contribution < -0.4 is 10.5 Å². The standard InChI is InChI=1S/C18H18N6O3/c1-3-12(25)11-5-4-6-15(21-11)27-14-9-20-24-16(13-8-7-10(2)26-13)22-18(19)23-17(14)24/h4-9,12,25H,3H2,1-2H3,(H2,19,23). The fourth-order valence-electron chi connectivity index (χ4n) is 2.65. The SMILES string of the molecule is CCC(O)c1cccc(Oc2cnn3c(-c4ccc(C)o4)nc(N)nc23)n1. The Morgan fingerprint density at radius 3 is 2.81 bits per heavy atom. The minimum Gasteiger partial charge on any atom is -0.458 e. The summed E-state index contributed by atoms with van der Waals surface area (Å²) in [7, 11) is 0. The molecule has 4 aromatic heterocycles. The van der Waals surface area contributed by atoms with Crippen LogP contribution in [0.3, 0.4) is 0 Å². The van der Waals surface area contributed by atoms with Crippen LogP contribution in [0.4, 0.5) is 5.95 Å². The van der Waals surface area contributed by atoms with Crippen LogP contribution in [-0.4, -0.2) is 29.7 Å². The van der Waals surface area contributed by atoms with Gasteiger partial charge in [0.1, 0.15) is 5.76 Å². The molecule has 3 N–H and O–H groups in total. The van der Waals surface area contributed by atoms with Gasteiger partial charge in [-0.1, -0.05) is 13.0 Å². The fraction of sp³-hybridized carbons (Fsp3) is 0.222. The lowest BCUT2D eigenvalue weighted by atomic mass is 10.2. The van der Waals surface area contributed by atoms with Gasteiger partial charge in [-0.05, 0) is 31.5 Å². The van der Waals surface area contributed by atoms with Crippen molar-refractivity contribution in [2.24, 2.45) is 0 Å². The Hall–Kier alpha value is -3.46. The highest BCUT2D eigenvalue weighted by molar-refractivity contribution is 5.61. The van der Waals surface area contributed by atoms with E-state index < -0.39 is 6.10 Å². The number of aliphatic hydroxyl groups excluding tert-OH is 1. The Kier molecular flexibility index (Phi) is 4.21. The topological polar surface area (TPSA) is 125 Å². The summed E-state index contributed by atoms with van der Waals surface area (Å²) in [6, 6.07) is 8.82. The van der Waals surface area contributed by atoms with Crippen LogP contribution in [0, 0.1) is 6.92 Å². The second-order valence-electron chi connectivity index (χ2n) is 5.99. The number of furan rings is 1. The van der Waals surface area contributed by atoms with Gasteiger partial charge in [0.2, 0.25) is 23.3 Å². The zero-order valence-corrected chi connectivity index (χ0v) is 14.8. The van der Waals surface area contributed by atoms with Gasteiger partial charge in [-0.2, -0.15) is 19.6 Å². The molecule has 27 heavy (non-hydrogen) atoms. The van der Waals surface area contributed by atoms with Crippen molar-refractivity contribution in [2.75, 3.05) is 5.73 Å². The fourth-order valence-corrected chi connectivity index (χ4v) is 2.65. The van der Waals surface area contributed by atoms with Crippen LogP contribution in [0.1, 0.15) is 30.9 Å². The van der Waals surface area contributed by atoms with Crippen molar-refractivity contribution in [3.05, 3.63) is 48.0 Å². The smallest absolute Gasteiger partial charge is 0.224 e. The van der Waals surface area contributed by atoms with Crippen molar-refractivity contribution >= 4 is 11.6 Å². The van der Waals surface area contributed by atoms with E-state index in [1.807, 2.05) is 19.9 Å². The van der Waals surface area contributed by atoms with E-state index in [1.165, 1.54) is 10.7 Å². The minimum absolute atomic E-state index is 0.0695. The first-order valence-corrected chi connectivity index (χ1v) is 8.46. The molecule has 0 fully saturated rings. The zero-order valence-electron chi connectivity index (χ0n) is 14.8. The molecule has 138 valence electrons. The van der Waals surface area contributed by atoms with Crippen LogP contribution in [0.15, 0.2) is 40.9 Å². The van der Waals surface area contributed by atoms with Gasteiger partial charge in [-0.3, -0.25) is 0 Å². The Morgan fingerprint density at radius 1 is 1.22 bits per heavy atom. The predicted octanol–water partition coefficient (Wildman–Crippen LogP) is 2.91. The summed E-state index contributed by atoms with van der Waals surface area (Å²) in [5.41, 5.74) is 6.78. The molecule has 4 aromatic rings. The van der Waals surface area contributed by atoms with E-state index in [9.17, 15) is 5.11 Å². The lowest BCUT2D eigenvalue weighted by Crippen LogP contribution is -2.04. The van der Waals surface area contributed by atoms with E-state index in [-0.39, 0.29) is 5.95 Å². The molecule has 1 atom stereocenters. The first kappa shape index (κ1) is 17.0. The molecule has 1 unspecified atom stereocenters. The van der Waals surface area contributed by atoms with Crippen molar-refractivity contribution in [2.45, 2.75) is 26.4 Å². The molecule has 0 saturated carbocycles. The Morgan fingerprint density at radius 2 is 2.07 bits per heavy atom. The van der Waals surface area contributed by atoms with Crippen LogP contribution >= 0.6 is 0 Å². The van der Waals surface area contributed by atoms with E-state index in [1.54, 1.807) is 24.3 Å². The highest BCUT2D eigenvalue weighted by atomic mass is 16.5. The largest absolute Gasteiger partial charge is 0.458 e. The van der Waals surface area contributed by atoms with Crippen molar-refractivity contribution in [3.63, 3.8) is 0 Å². The first-order valence-electron chi connectivity index (χ1n) is 8.46. The van der Waals surface area contributed by atoms with E-state index in [2.05, 4.69) is 20.1 Å². The number of aryl methyl sites for hydroxylation is 1. The number of nitrogen functional groups attached to an aromatic ring is 1. The number of hydrogen-bond donors (Lipinski definition) is 2. The molecule has 0 radical (unpaired) electrons. The van der Waals surface area contributed by atoms with Crippen LogP contribution in [0.5, 0.6) is 11.6 Å². The lowest BCUT2D eigenvalue weighted by molar-refractivity contribution is 0.168. The normalized spacial score (nSPS) is 12.4. The van der Waals surface area contributed by atoms with Crippen LogP contribution in [0.25, 0.3) is 17.2 Å². The van der Waals surface area contributed by atoms with Gasteiger partial charge in [0.05, 0.1) is 18.0 Å². The number of rotatable bonds is 5. The van der Waals surface area contributed by atoms with Gasteiger partial charge in [0.25, 0.3) is 0 Å². The molecule has 4 heterocycles. The molecule has 0 aliphatic carbocycles. The number of nitrogens with two attached hydrogens (primary N) is 1. The van der Waals surface area contributed by atoms with Gasteiger partial charge in [0.15, 0.2) is 11.5 Å². The highest BCUT2D eigenvalue weighted by Gasteiger charge is 2.18. The molecule has 9 nitrogen and oxygen atoms in total. The average molecular weight is 366 g/mol. The average Bonchev–Trinajstić information content (AvgIpc) is 3.27. The van der Waals surface area contributed by atoms with Crippen molar-refractivity contribution in [3.8, 4) is 23.2 Å². The monoisotopic (exact) mass is 366 g/mol. The molecule has 9 heteroatoms. The number of aliphatic hydroxyl groups is 1. The summed E-state index contributed by atoms with van der Waals surface area (Å²) in [6.45, 7) is 3.72.